The Morgan fingerprint density at radius 2 is 1.24 bits per heavy atom. The zero-order valence-corrected chi connectivity index (χ0v) is 30.2. The van der Waals surface area contributed by atoms with E-state index in [1.54, 1.807) is 20.0 Å². The minimum atomic E-state index is -1.13. The summed E-state index contributed by atoms with van der Waals surface area (Å²) in [5.41, 5.74) is 7.32. The maximum absolute atomic E-state index is 14.1. The van der Waals surface area contributed by atoms with E-state index >= 15 is 0 Å². The number of carbonyl (C=O) groups is 6. The highest BCUT2D eigenvalue weighted by Gasteiger charge is 2.34. The normalized spacial score (nSPS) is 23.5. The first-order chi connectivity index (χ1) is 23.7. The van der Waals surface area contributed by atoms with Gasteiger partial charge in [-0.3, -0.25) is 28.8 Å². The SMILES string of the molecule is CC(C)C[C@@H]1NC(=O)[C@H](Cc2c[nH]c3ccccc23)NC(=O)[C@@H](CCCCN)NC(=O)CNC(=O)[C@H](C(C)C)NC(=O)[C@@H](CC(C)C)NC1=O. The number of carbonyl (C=O) groups excluding carboxylic acids is 6. The number of H-pyrrole nitrogens is 1. The standard InChI is InChI=1S/C36H56N8O6/c1-20(2)15-27-33(47)42-28(16-21(3)4)35(49)44-31(22(5)6)36(50)39-19-30(45)40-26(13-9-10-14-37)32(46)43-29(34(48)41-27)17-23-18-38-25-12-8-7-11-24(23)25/h7-8,11-12,18,20-22,26-29,31,38H,9-10,13-17,19,37H2,1-6H3,(H,39,50)(H,40,45)(H,41,48)(H,42,47)(H,43,46)(H,44,49)/t26-,27+,28-,29+,31+/m1/s1. The molecule has 0 radical (unpaired) electrons. The van der Waals surface area contributed by atoms with Crippen LogP contribution in [0.25, 0.3) is 10.9 Å². The summed E-state index contributed by atoms with van der Waals surface area (Å²) in [5, 5.41) is 17.4. The maximum atomic E-state index is 14.1. The van der Waals surface area contributed by atoms with Gasteiger partial charge < -0.3 is 42.6 Å². The Hall–Kier alpha value is -4.46. The van der Waals surface area contributed by atoms with Gasteiger partial charge in [0.15, 0.2) is 0 Å². The highest BCUT2D eigenvalue weighted by atomic mass is 16.2. The molecule has 1 fully saturated rings. The molecular formula is C36H56N8O6. The molecule has 276 valence electrons. The van der Waals surface area contributed by atoms with E-state index in [4.69, 9.17) is 5.73 Å². The average Bonchev–Trinajstić information content (AvgIpc) is 3.46. The molecule has 5 atom stereocenters. The lowest BCUT2D eigenvalue weighted by Gasteiger charge is -2.29. The van der Waals surface area contributed by atoms with Gasteiger partial charge >= 0.3 is 0 Å². The van der Waals surface area contributed by atoms with Crippen LogP contribution in [0.5, 0.6) is 0 Å². The lowest BCUT2D eigenvalue weighted by molar-refractivity contribution is -0.136. The van der Waals surface area contributed by atoms with Crippen molar-refractivity contribution in [3.63, 3.8) is 0 Å². The summed E-state index contributed by atoms with van der Waals surface area (Å²) in [6.07, 6.45) is 3.77. The Morgan fingerprint density at radius 1 is 0.680 bits per heavy atom. The fourth-order valence-electron chi connectivity index (χ4n) is 6.03. The van der Waals surface area contributed by atoms with Crippen LogP contribution in [0.4, 0.5) is 0 Å². The van der Waals surface area contributed by atoms with E-state index in [1.165, 1.54) is 0 Å². The van der Waals surface area contributed by atoms with Gasteiger partial charge in [-0.2, -0.15) is 0 Å². The molecule has 2 heterocycles. The molecule has 0 unspecified atom stereocenters. The molecule has 9 N–H and O–H groups in total. The highest BCUT2D eigenvalue weighted by Crippen LogP contribution is 2.20. The largest absolute Gasteiger partial charge is 0.361 e. The third-order valence-electron chi connectivity index (χ3n) is 8.68. The molecular weight excluding hydrogens is 640 g/mol. The number of nitrogens with one attached hydrogen (secondary N) is 7. The first-order valence-corrected chi connectivity index (χ1v) is 17.7. The minimum absolute atomic E-state index is 0.00522. The van der Waals surface area contributed by atoms with Crippen molar-refractivity contribution in [1.29, 1.82) is 0 Å². The van der Waals surface area contributed by atoms with Crippen molar-refractivity contribution in [2.75, 3.05) is 13.1 Å². The number of hydrogen-bond donors (Lipinski definition) is 8. The smallest absolute Gasteiger partial charge is 0.243 e. The first-order valence-electron chi connectivity index (χ1n) is 17.7. The van der Waals surface area contributed by atoms with Crippen LogP contribution in [-0.2, 0) is 35.2 Å². The summed E-state index contributed by atoms with van der Waals surface area (Å²) in [7, 11) is 0. The Balaban J connectivity index is 2.05. The van der Waals surface area contributed by atoms with Crippen molar-refractivity contribution >= 4 is 46.3 Å². The van der Waals surface area contributed by atoms with Gasteiger partial charge in [0.05, 0.1) is 6.54 Å². The summed E-state index contributed by atoms with van der Waals surface area (Å²) >= 11 is 0. The van der Waals surface area contributed by atoms with Crippen LogP contribution >= 0.6 is 0 Å². The van der Waals surface area contributed by atoms with Gasteiger partial charge in [0, 0.05) is 23.5 Å². The maximum Gasteiger partial charge on any atom is 0.243 e. The topological polar surface area (TPSA) is 216 Å². The molecule has 14 heteroatoms. The molecule has 1 aromatic carbocycles. The zero-order valence-electron chi connectivity index (χ0n) is 30.2. The number of nitrogens with two attached hydrogens (primary N) is 1. The van der Waals surface area contributed by atoms with Crippen molar-refractivity contribution in [3.05, 3.63) is 36.0 Å². The van der Waals surface area contributed by atoms with E-state index < -0.39 is 72.2 Å². The second-order valence-corrected chi connectivity index (χ2v) is 14.4. The number of rotatable bonds is 11. The predicted molar refractivity (Wildman–Crippen MR) is 191 cm³/mol. The molecule has 0 aliphatic carbocycles. The Kier molecular flexibility index (Phi) is 15.2. The van der Waals surface area contributed by atoms with Gasteiger partial charge in [0.1, 0.15) is 30.2 Å². The van der Waals surface area contributed by atoms with E-state index in [9.17, 15) is 28.8 Å². The van der Waals surface area contributed by atoms with Crippen LogP contribution < -0.4 is 37.6 Å². The highest BCUT2D eigenvalue weighted by molar-refractivity contribution is 5.98. The van der Waals surface area contributed by atoms with Gasteiger partial charge in [-0.25, -0.2) is 0 Å². The van der Waals surface area contributed by atoms with Crippen LogP contribution in [0.15, 0.2) is 30.5 Å². The van der Waals surface area contributed by atoms with E-state index in [1.807, 2.05) is 52.0 Å². The first kappa shape index (κ1) is 40.0. The van der Waals surface area contributed by atoms with Crippen molar-refractivity contribution in [3.8, 4) is 0 Å². The van der Waals surface area contributed by atoms with E-state index in [-0.39, 0.29) is 43.4 Å². The fraction of sp³-hybridized carbons (Fsp3) is 0.611. The number of amides is 6. The van der Waals surface area contributed by atoms with Crippen molar-refractivity contribution in [1.82, 2.24) is 36.9 Å². The van der Waals surface area contributed by atoms with Gasteiger partial charge in [-0.1, -0.05) is 59.7 Å². The quantitative estimate of drug-likeness (QED) is 0.160. The molecule has 1 aromatic heterocycles. The summed E-state index contributed by atoms with van der Waals surface area (Å²) in [6, 6.07) is 2.38. The molecule has 6 amide bonds. The van der Waals surface area contributed by atoms with Crippen molar-refractivity contribution in [2.24, 2.45) is 23.5 Å². The van der Waals surface area contributed by atoms with Gasteiger partial charge in [0.2, 0.25) is 35.4 Å². The number of aromatic nitrogens is 1. The number of aromatic amines is 1. The monoisotopic (exact) mass is 696 g/mol. The lowest BCUT2D eigenvalue weighted by atomic mass is 9.98. The van der Waals surface area contributed by atoms with Crippen LogP contribution in [0.2, 0.25) is 0 Å². The van der Waals surface area contributed by atoms with Gasteiger partial charge in [0.25, 0.3) is 0 Å². The summed E-state index contributed by atoms with van der Waals surface area (Å²) in [6.45, 7) is 11.1. The molecule has 1 saturated heterocycles. The number of benzene rings is 1. The third-order valence-corrected chi connectivity index (χ3v) is 8.68. The number of hydrogen-bond acceptors (Lipinski definition) is 7. The molecule has 1 aliphatic rings. The molecule has 14 nitrogen and oxygen atoms in total. The summed E-state index contributed by atoms with van der Waals surface area (Å²) < 4.78 is 0. The Morgan fingerprint density at radius 3 is 1.84 bits per heavy atom. The van der Waals surface area contributed by atoms with E-state index in [0.29, 0.717) is 19.4 Å². The number of para-hydroxylation sites is 1. The summed E-state index contributed by atoms with van der Waals surface area (Å²) in [5.74, 6) is -3.82. The fourth-order valence-corrected chi connectivity index (χ4v) is 6.03. The molecule has 3 rings (SSSR count). The van der Waals surface area contributed by atoms with Gasteiger partial charge in [-0.05, 0) is 68.0 Å². The van der Waals surface area contributed by atoms with Crippen LogP contribution in [0.1, 0.15) is 79.2 Å². The van der Waals surface area contributed by atoms with Crippen molar-refractivity contribution < 1.29 is 28.8 Å². The van der Waals surface area contributed by atoms with Gasteiger partial charge in [-0.15, -0.1) is 0 Å². The molecule has 50 heavy (non-hydrogen) atoms. The summed E-state index contributed by atoms with van der Waals surface area (Å²) in [4.78, 5) is 85.0. The van der Waals surface area contributed by atoms with E-state index in [2.05, 4.69) is 36.9 Å². The predicted octanol–water partition coefficient (Wildman–Crippen LogP) is 1.14. The van der Waals surface area contributed by atoms with Crippen LogP contribution in [-0.4, -0.2) is 83.7 Å². The van der Waals surface area contributed by atoms with Crippen LogP contribution in [0, 0.1) is 17.8 Å². The third kappa shape index (κ3) is 11.9. The number of fused-ring (bicyclic) bond motifs is 1. The Labute approximate surface area is 294 Å². The zero-order chi connectivity index (χ0) is 37.0. The molecule has 0 bridgehead atoms. The number of unbranched alkanes of at least 4 members (excludes halogenated alkanes) is 1. The molecule has 1 aliphatic heterocycles. The average molecular weight is 697 g/mol. The van der Waals surface area contributed by atoms with E-state index in [0.717, 1.165) is 16.5 Å². The van der Waals surface area contributed by atoms with Crippen LogP contribution in [0.3, 0.4) is 0 Å². The molecule has 0 spiro atoms. The molecule has 0 saturated carbocycles. The Bertz CT molecular complexity index is 1490. The second-order valence-electron chi connectivity index (χ2n) is 14.4. The lowest BCUT2D eigenvalue weighted by Crippen LogP contribution is -2.61. The van der Waals surface area contributed by atoms with Crippen molar-refractivity contribution in [2.45, 2.75) is 110 Å². The second kappa shape index (κ2) is 19.1. The minimum Gasteiger partial charge on any atom is -0.361 e. The molecule has 2 aromatic rings.